The molecular formula is C17H16N2O3. The predicted octanol–water partition coefficient (Wildman–Crippen LogP) is 2.78. The van der Waals surface area contributed by atoms with Gasteiger partial charge in [0, 0.05) is 11.8 Å². The molecule has 0 aromatic heterocycles. The van der Waals surface area contributed by atoms with Crippen LogP contribution in [0.4, 0.5) is 5.69 Å². The number of hydrogen-bond donors (Lipinski definition) is 1. The van der Waals surface area contributed by atoms with Crippen LogP contribution in [0.5, 0.6) is 11.5 Å². The Labute approximate surface area is 129 Å². The minimum Gasteiger partial charge on any atom is -0.497 e. The van der Waals surface area contributed by atoms with Gasteiger partial charge in [0.1, 0.15) is 11.5 Å². The maximum absolute atomic E-state index is 11.8. The van der Waals surface area contributed by atoms with Gasteiger partial charge in [-0.25, -0.2) is 0 Å². The van der Waals surface area contributed by atoms with E-state index in [1.807, 2.05) is 0 Å². The summed E-state index contributed by atoms with van der Waals surface area (Å²) in [4.78, 5) is 11.8. The van der Waals surface area contributed by atoms with Crippen LogP contribution >= 0.6 is 0 Å². The maximum Gasteiger partial charge on any atom is 0.262 e. The number of rotatable bonds is 6. The van der Waals surface area contributed by atoms with E-state index in [4.69, 9.17) is 14.7 Å². The fraction of sp³-hybridized carbons (Fsp3) is 0.176. The summed E-state index contributed by atoms with van der Waals surface area (Å²) < 4.78 is 10.5. The highest BCUT2D eigenvalue weighted by atomic mass is 16.5. The van der Waals surface area contributed by atoms with E-state index < -0.39 is 0 Å². The van der Waals surface area contributed by atoms with E-state index in [1.54, 1.807) is 55.6 Å². The molecule has 22 heavy (non-hydrogen) atoms. The zero-order chi connectivity index (χ0) is 15.8. The van der Waals surface area contributed by atoms with E-state index in [0.717, 1.165) is 5.56 Å². The quantitative estimate of drug-likeness (QED) is 0.889. The van der Waals surface area contributed by atoms with Crippen LogP contribution in [0.1, 0.15) is 5.56 Å². The van der Waals surface area contributed by atoms with Crippen LogP contribution < -0.4 is 14.8 Å². The Kier molecular flexibility index (Phi) is 5.38. The molecule has 0 aliphatic carbocycles. The molecule has 0 saturated carbocycles. The van der Waals surface area contributed by atoms with Gasteiger partial charge < -0.3 is 14.8 Å². The topological polar surface area (TPSA) is 71.3 Å². The van der Waals surface area contributed by atoms with Crippen LogP contribution in [0.2, 0.25) is 0 Å². The molecule has 1 amide bonds. The Morgan fingerprint density at radius 1 is 1.18 bits per heavy atom. The van der Waals surface area contributed by atoms with Gasteiger partial charge >= 0.3 is 0 Å². The average molecular weight is 296 g/mol. The third-order valence-electron chi connectivity index (χ3n) is 2.93. The predicted molar refractivity (Wildman–Crippen MR) is 82.9 cm³/mol. The highest BCUT2D eigenvalue weighted by Gasteiger charge is 2.04. The lowest BCUT2D eigenvalue weighted by atomic mass is 10.2. The van der Waals surface area contributed by atoms with E-state index in [9.17, 15) is 4.79 Å². The Morgan fingerprint density at radius 2 is 1.95 bits per heavy atom. The Balaban J connectivity index is 1.85. The molecule has 0 aliphatic heterocycles. The van der Waals surface area contributed by atoms with Gasteiger partial charge in [-0.2, -0.15) is 5.26 Å². The van der Waals surface area contributed by atoms with Gasteiger partial charge in [0.25, 0.3) is 5.91 Å². The van der Waals surface area contributed by atoms with E-state index >= 15 is 0 Å². The lowest BCUT2D eigenvalue weighted by Crippen LogP contribution is -2.20. The number of carbonyl (C=O) groups is 1. The third kappa shape index (κ3) is 4.53. The molecule has 0 radical (unpaired) electrons. The second-order valence-electron chi connectivity index (χ2n) is 4.55. The summed E-state index contributed by atoms with van der Waals surface area (Å²) in [6, 6.07) is 16.3. The molecule has 0 heterocycles. The SMILES string of the molecule is COc1cccc(NC(=O)COc2ccc(CC#N)cc2)c1. The molecule has 0 atom stereocenters. The van der Waals surface area contributed by atoms with Gasteiger partial charge in [0.2, 0.25) is 0 Å². The summed E-state index contributed by atoms with van der Waals surface area (Å²) in [5, 5.41) is 11.3. The first-order valence-corrected chi connectivity index (χ1v) is 6.74. The van der Waals surface area contributed by atoms with Crippen molar-refractivity contribution in [1.82, 2.24) is 0 Å². The van der Waals surface area contributed by atoms with Crippen molar-refractivity contribution in [2.24, 2.45) is 0 Å². The van der Waals surface area contributed by atoms with Crippen LogP contribution in [0.25, 0.3) is 0 Å². The van der Waals surface area contributed by atoms with Gasteiger partial charge in [0.05, 0.1) is 19.6 Å². The number of nitriles is 1. The van der Waals surface area contributed by atoms with Gasteiger partial charge in [-0.3, -0.25) is 4.79 Å². The van der Waals surface area contributed by atoms with Gasteiger partial charge in [-0.15, -0.1) is 0 Å². The van der Waals surface area contributed by atoms with Gasteiger partial charge in [-0.05, 0) is 29.8 Å². The minimum atomic E-state index is -0.255. The molecular weight excluding hydrogens is 280 g/mol. The summed E-state index contributed by atoms with van der Waals surface area (Å²) in [5.41, 5.74) is 1.56. The normalized spacial score (nSPS) is 9.64. The first-order valence-electron chi connectivity index (χ1n) is 6.74. The number of nitrogens with one attached hydrogen (secondary N) is 1. The Bertz CT molecular complexity index is 675. The number of amides is 1. The van der Waals surface area contributed by atoms with E-state index in [0.29, 0.717) is 23.6 Å². The first kappa shape index (κ1) is 15.4. The van der Waals surface area contributed by atoms with Crippen molar-refractivity contribution in [3.8, 4) is 17.6 Å². The summed E-state index contributed by atoms with van der Waals surface area (Å²) in [7, 11) is 1.57. The Hall–Kier alpha value is -3.00. The zero-order valence-electron chi connectivity index (χ0n) is 12.2. The van der Waals surface area contributed by atoms with Crippen LogP contribution in [0.15, 0.2) is 48.5 Å². The summed E-state index contributed by atoms with van der Waals surface area (Å²) in [6.07, 6.45) is 0.358. The molecule has 0 spiro atoms. The fourth-order valence-electron chi connectivity index (χ4n) is 1.84. The second-order valence-corrected chi connectivity index (χ2v) is 4.55. The number of anilines is 1. The Morgan fingerprint density at radius 3 is 2.64 bits per heavy atom. The van der Waals surface area contributed by atoms with Crippen molar-refractivity contribution in [3.63, 3.8) is 0 Å². The third-order valence-corrected chi connectivity index (χ3v) is 2.93. The molecule has 112 valence electrons. The molecule has 5 nitrogen and oxygen atoms in total. The monoisotopic (exact) mass is 296 g/mol. The molecule has 0 saturated heterocycles. The molecule has 0 unspecified atom stereocenters. The number of ether oxygens (including phenoxy) is 2. The summed E-state index contributed by atoms with van der Waals surface area (Å²) in [5.74, 6) is 1.00. The molecule has 1 N–H and O–H groups in total. The first-order chi connectivity index (χ1) is 10.7. The summed E-state index contributed by atoms with van der Waals surface area (Å²) in [6.45, 7) is -0.0885. The van der Waals surface area contributed by atoms with Crippen LogP contribution in [0.3, 0.4) is 0 Å². The van der Waals surface area contributed by atoms with Crippen LogP contribution in [-0.4, -0.2) is 19.6 Å². The van der Waals surface area contributed by atoms with E-state index in [-0.39, 0.29) is 12.5 Å². The van der Waals surface area contributed by atoms with Crippen molar-refractivity contribution in [1.29, 1.82) is 5.26 Å². The largest absolute Gasteiger partial charge is 0.497 e. The number of methoxy groups -OCH3 is 1. The van der Waals surface area contributed by atoms with Crippen LogP contribution in [0, 0.1) is 11.3 Å². The highest BCUT2D eigenvalue weighted by molar-refractivity contribution is 5.92. The van der Waals surface area contributed by atoms with Crippen molar-refractivity contribution in [2.75, 3.05) is 19.0 Å². The van der Waals surface area contributed by atoms with Crippen molar-refractivity contribution >= 4 is 11.6 Å². The van der Waals surface area contributed by atoms with E-state index in [2.05, 4.69) is 11.4 Å². The standard InChI is InChI=1S/C17H16N2O3/c1-21-16-4-2-3-14(11-16)19-17(20)12-22-15-7-5-13(6-8-15)9-10-18/h2-8,11H,9,12H2,1H3,(H,19,20). The number of benzene rings is 2. The minimum absolute atomic E-state index is 0.0885. The smallest absolute Gasteiger partial charge is 0.262 e. The number of carbonyl (C=O) groups excluding carboxylic acids is 1. The fourth-order valence-corrected chi connectivity index (χ4v) is 1.84. The maximum atomic E-state index is 11.8. The highest BCUT2D eigenvalue weighted by Crippen LogP contribution is 2.17. The molecule has 0 fully saturated rings. The molecule has 5 heteroatoms. The van der Waals surface area contributed by atoms with E-state index in [1.165, 1.54) is 0 Å². The average Bonchev–Trinajstić information content (AvgIpc) is 2.55. The molecule has 2 aromatic carbocycles. The molecule has 0 bridgehead atoms. The molecule has 2 rings (SSSR count). The van der Waals surface area contributed by atoms with Crippen molar-refractivity contribution in [2.45, 2.75) is 6.42 Å². The van der Waals surface area contributed by atoms with Gasteiger partial charge in [0.15, 0.2) is 6.61 Å². The molecule has 0 aliphatic rings. The summed E-state index contributed by atoms with van der Waals surface area (Å²) >= 11 is 0. The number of nitrogens with zero attached hydrogens (tertiary/aromatic N) is 1. The van der Waals surface area contributed by atoms with Gasteiger partial charge in [-0.1, -0.05) is 18.2 Å². The molecule has 2 aromatic rings. The lowest BCUT2D eigenvalue weighted by Gasteiger charge is -2.08. The number of hydrogen-bond acceptors (Lipinski definition) is 4. The van der Waals surface area contributed by atoms with Crippen molar-refractivity contribution < 1.29 is 14.3 Å². The van der Waals surface area contributed by atoms with Crippen LogP contribution in [-0.2, 0) is 11.2 Å². The van der Waals surface area contributed by atoms with Crippen molar-refractivity contribution in [3.05, 3.63) is 54.1 Å². The zero-order valence-corrected chi connectivity index (χ0v) is 12.2. The lowest BCUT2D eigenvalue weighted by molar-refractivity contribution is -0.118. The second kappa shape index (κ2) is 7.70.